The molecule has 2 heteroatoms. The average Bonchev–Trinajstić information content (AvgIpc) is 2.28. The summed E-state index contributed by atoms with van der Waals surface area (Å²) < 4.78 is 5.38. The van der Waals surface area contributed by atoms with Gasteiger partial charge in [-0.25, -0.2) is 0 Å². The molecule has 4 rings (SSSR count). The fourth-order valence-electron chi connectivity index (χ4n) is 4.21. The summed E-state index contributed by atoms with van der Waals surface area (Å²) >= 11 is 0. The van der Waals surface area contributed by atoms with E-state index in [0.717, 1.165) is 17.2 Å². The highest BCUT2D eigenvalue weighted by Gasteiger charge is 2.56. The predicted molar refractivity (Wildman–Crippen MR) is 74.9 cm³/mol. The molecule has 17 heavy (non-hydrogen) atoms. The van der Waals surface area contributed by atoms with Gasteiger partial charge in [0.25, 0.3) is 0 Å². The first kappa shape index (κ1) is 11.1. The maximum atomic E-state index is 5.38. The molecule has 0 saturated heterocycles. The highest BCUT2D eigenvalue weighted by Crippen LogP contribution is 2.62. The van der Waals surface area contributed by atoms with E-state index in [-0.39, 0.29) is 0 Å². The first-order valence-corrected chi connectivity index (χ1v) is 9.43. The fraction of sp³-hybridized carbons (Fsp3) is 0.467. The zero-order valence-corrected chi connectivity index (χ0v) is 12.1. The van der Waals surface area contributed by atoms with Crippen LogP contribution >= 0.6 is 0 Å². The van der Waals surface area contributed by atoms with Crippen LogP contribution in [-0.2, 0) is 0 Å². The van der Waals surface area contributed by atoms with E-state index in [4.69, 9.17) is 4.74 Å². The van der Waals surface area contributed by atoms with Crippen LogP contribution in [0, 0.1) is 5.92 Å². The number of ether oxygens (including phenoxy) is 1. The van der Waals surface area contributed by atoms with Gasteiger partial charge < -0.3 is 4.74 Å². The van der Waals surface area contributed by atoms with Gasteiger partial charge in [-0.05, 0) is 29.2 Å². The fourth-order valence-corrected chi connectivity index (χ4v) is 8.65. The summed E-state index contributed by atoms with van der Waals surface area (Å²) in [5.41, 5.74) is 3.79. The Balaban J connectivity index is 2.22. The Morgan fingerprint density at radius 3 is 2.59 bits per heavy atom. The number of benzene rings is 1. The Kier molecular flexibility index (Phi) is 2.12. The maximum absolute atomic E-state index is 5.38. The van der Waals surface area contributed by atoms with Gasteiger partial charge in [-0.1, -0.05) is 43.4 Å². The van der Waals surface area contributed by atoms with Gasteiger partial charge in [0, 0.05) is 5.92 Å². The zero-order chi connectivity index (χ0) is 12.4. The van der Waals surface area contributed by atoms with Crippen molar-refractivity contribution in [3.05, 3.63) is 35.9 Å². The lowest BCUT2D eigenvalue weighted by atomic mass is 9.66. The van der Waals surface area contributed by atoms with Crippen molar-refractivity contribution in [1.29, 1.82) is 0 Å². The van der Waals surface area contributed by atoms with E-state index in [0.29, 0.717) is 5.92 Å². The molecule has 0 spiro atoms. The minimum atomic E-state index is -1.40. The Hall–Kier alpha value is -1.02. The molecule has 0 aromatic heterocycles. The molecule has 3 unspecified atom stereocenters. The third-order valence-electron chi connectivity index (χ3n) is 4.92. The van der Waals surface area contributed by atoms with Crippen LogP contribution in [0.1, 0.15) is 18.4 Å². The van der Waals surface area contributed by atoms with Gasteiger partial charge in [-0.2, -0.15) is 0 Å². The van der Waals surface area contributed by atoms with Crippen molar-refractivity contribution >= 4 is 13.3 Å². The van der Waals surface area contributed by atoms with Gasteiger partial charge >= 0.3 is 0 Å². The van der Waals surface area contributed by atoms with Gasteiger partial charge in [0.05, 0.1) is 15.2 Å². The molecule has 1 aromatic rings. The van der Waals surface area contributed by atoms with Crippen molar-refractivity contribution in [3.63, 3.8) is 0 Å². The van der Waals surface area contributed by atoms with Gasteiger partial charge in [-0.15, -0.1) is 0 Å². The molecular formula is C15H20OSi. The lowest BCUT2D eigenvalue weighted by Crippen LogP contribution is -2.61. The quantitative estimate of drug-likeness (QED) is 0.544. The van der Waals surface area contributed by atoms with E-state index in [2.05, 4.69) is 44.8 Å². The maximum Gasteiger partial charge on any atom is 0.118 e. The van der Waals surface area contributed by atoms with Crippen molar-refractivity contribution in [2.24, 2.45) is 5.92 Å². The molecule has 0 N–H and O–H groups in total. The molecule has 90 valence electrons. The lowest BCUT2D eigenvalue weighted by Gasteiger charge is -2.58. The van der Waals surface area contributed by atoms with E-state index in [1.807, 2.05) is 0 Å². The van der Waals surface area contributed by atoms with Crippen molar-refractivity contribution in [2.45, 2.75) is 31.5 Å². The first-order valence-electron chi connectivity index (χ1n) is 6.35. The monoisotopic (exact) mass is 244 g/mol. The highest BCUT2D eigenvalue weighted by molar-refractivity contribution is 6.92. The second kappa shape index (κ2) is 3.26. The minimum absolute atomic E-state index is 0.612. The molecular weight excluding hydrogens is 224 g/mol. The summed E-state index contributed by atoms with van der Waals surface area (Å²) in [7, 11) is 0.349. The average molecular weight is 244 g/mol. The van der Waals surface area contributed by atoms with Crippen molar-refractivity contribution in [3.8, 4) is 5.75 Å². The van der Waals surface area contributed by atoms with Crippen LogP contribution in [0.25, 0.3) is 0 Å². The van der Waals surface area contributed by atoms with Gasteiger partial charge in [-0.3, -0.25) is 0 Å². The molecule has 3 aliphatic rings. The number of methoxy groups -OCH3 is 1. The minimum Gasteiger partial charge on any atom is -0.497 e. The molecule has 2 heterocycles. The molecule has 2 bridgehead atoms. The number of allylic oxidation sites excluding steroid dienone is 1. The molecule has 3 atom stereocenters. The van der Waals surface area contributed by atoms with E-state index in [1.54, 1.807) is 12.3 Å². The summed E-state index contributed by atoms with van der Waals surface area (Å²) in [5, 5.41) is 1.59. The predicted octanol–water partition coefficient (Wildman–Crippen LogP) is 3.28. The molecule has 1 aromatic carbocycles. The van der Waals surface area contributed by atoms with Gasteiger partial charge in [0.15, 0.2) is 0 Å². The van der Waals surface area contributed by atoms with Crippen molar-refractivity contribution in [2.75, 3.05) is 7.11 Å². The molecule has 0 amide bonds. The first-order chi connectivity index (χ1) is 7.98. The van der Waals surface area contributed by atoms with Crippen LogP contribution in [0.4, 0.5) is 0 Å². The highest BCUT2D eigenvalue weighted by atomic mass is 28.3. The van der Waals surface area contributed by atoms with Crippen molar-refractivity contribution in [1.82, 2.24) is 0 Å². The molecule has 1 saturated carbocycles. The second-order valence-corrected chi connectivity index (χ2v) is 10.7. The zero-order valence-electron chi connectivity index (χ0n) is 11.1. The van der Waals surface area contributed by atoms with Crippen LogP contribution in [0.2, 0.25) is 18.6 Å². The van der Waals surface area contributed by atoms with Gasteiger partial charge in [0.2, 0.25) is 0 Å². The van der Waals surface area contributed by atoms with Crippen LogP contribution < -0.4 is 9.92 Å². The van der Waals surface area contributed by atoms with Crippen LogP contribution in [-0.4, -0.2) is 15.2 Å². The Bertz CT molecular complexity index is 504. The largest absolute Gasteiger partial charge is 0.497 e. The van der Waals surface area contributed by atoms with Gasteiger partial charge in [0.1, 0.15) is 5.75 Å². The summed E-state index contributed by atoms with van der Waals surface area (Å²) in [6.45, 7) is 11.7. The van der Waals surface area contributed by atoms with E-state index in [9.17, 15) is 0 Å². The lowest BCUT2D eigenvalue weighted by molar-refractivity contribution is 0.373. The summed E-state index contributed by atoms with van der Waals surface area (Å²) in [5.74, 6) is 2.41. The third-order valence-corrected chi connectivity index (χ3v) is 9.19. The smallest absolute Gasteiger partial charge is 0.118 e. The summed E-state index contributed by atoms with van der Waals surface area (Å²) in [6, 6.07) is 6.65. The topological polar surface area (TPSA) is 9.23 Å². The molecule has 2 aliphatic heterocycles. The summed E-state index contributed by atoms with van der Waals surface area (Å²) in [4.78, 5) is 0. The molecule has 1 aliphatic carbocycles. The van der Waals surface area contributed by atoms with Crippen LogP contribution in [0.15, 0.2) is 30.4 Å². The molecule has 0 radical (unpaired) electrons. The van der Waals surface area contributed by atoms with E-state index < -0.39 is 8.07 Å². The van der Waals surface area contributed by atoms with E-state index in [1.165, 1.54) is 11.1 Å². The van der Waals surface area contributed by atoms with E-state index >= 15 is 0 Å². The number of hydrogen-bond acceptors (Lipinski definition) is 1. The normalized spacial score (nSPS) is 32.7. The Labute approximate surface area is 105 Å². The molecule has 1 nitrogen and oxygen atoms in total. The Morgan fingerprint density at radius 2 is 2.00 bits per heavy atom. The van der Waals surface area contributed by atoms with Crippen molar-refractivity contribution < 1.29 is 4.74 Å². The number of hydrogen-bond donors (Lipinski definition) is 0. The third kappa shape index (κ3) is 1.19. The van der Waals surface area contributed by atoms with Crippen LogP contribution in [0.5, 0.6) is 5.75 Å². The Morgan fingerprint density at radius 1 is 1.29 bits per heavy atom. The summed E-state index contributed by atoms with van der Waals surface area (Å²) in [6.07, 6.45) is 0. The second-order valence-electron chi connectivity index (χ2n) is 6.06. The SMILES string of the molecule is C=C1C2c3ccc(OC)cc3[Si](C)(C)C1C2C. The number of rotatable bonds is 1. The standard InChI is InChI=1S/C15H20OSi/c1-9-14-10(2)15(9)17(4,5)13-8-11(16-3)6-7-12(13)14/h6-8,10,14-15H,1H2,2-5H3. The molecule has 1 fully saturated rings. The van der Waals surface area contributed by atoms with Crippen LogP contribution in [0.3, 0.4) is 0 Å².